The van der Waals surface area contributed by atoms with Gasteiger partial charge in [0, 0.05) is 25.6 Å². The predicted octanol–water partition coefficient (Wildman–Crippen LogP) is 2.24. The molecule has 146 valence electrons. The van der Waals surface area contributed by atoms with Crippen LogP contribution in [-0.2, 0) is 20.7 Å². The van der Waals surface area contributed by atoms with E-state index in [-0.39, 0.29) is 12.3 Å². The van der Waals surface area contributed by atoms with Crippen molar-refractivity contribution in [2.75, 3.05) is 26.3 Å². The van der Waals surface area contributed by atoms with Crippen molar-refractivity contribution in [2.45, 2.75) is 45.3 Å². The first-order chi connectivity index (χ1) is 12.8. The van der Waals surface area contributed by atoms with Gasteiger partial charge in [-0.1, -0.05) is 12.1 Å². The van der Waals surface area contributed by atoms with E-state index < -0.39 is 17.7 Å². The Morgan fingerprint density at radius 2 is 1.89 bits per heavy atom. The topological polar surface area (TPSA) is 91.7 Å². The van der Waals surface area contributed by atoms with E-state index in [2.05, 4.69) is 11.4 Å². The number of hydrogen-bond donors (Lipinski definition) is 1. The van der Waals surface area contributed by atoms with Gasteiger partial charge in [-0.3, -0.25) is 4.79 Å². The number of rotatable bonds is 5. The molecule has 1 aromatic carbocycles. The van der Waals surface area contributed by atoms with Crippen molar-refractivity contribution in [1.82, 2.24) is 10.2 Å². The van der Waals surface area contributed by atoms with Crippen LogP contribution in [0.5, 0.6) is 0 Å². The van der Waals surface area contributed by atoms with Gasteiger partial charge in [-0.15, -0.1) is 0 Å². The Balaban J connectivity index is 2.05. The highest BCUT2D eigenvalue weighted by molar-refractivity contribution is 5.78. The standard InChI is InChI=1S/C20H27N3O4/c1-20(2,3)27-19(25)22-17(12-15-4-6-16(14-21)7-5-15)13-18(24)23-8-10-26-11-9-23/h4-7,17H,8-13H2,1-3H3,(H,22,25)/t17-/m1/s1. The maximum Gasteiger partial charge on any atom is 0.407 e. The van der Waals surface area contributed by atoms with Crippen LogP contribution in [0.15, 0.2) is 24.3 Å². The van der Waals surface area contributed by atoms with Crippen LogP contribution in [0, 0.1) is 11.3 Å². The van der Waals surface area contributed by atoms with E-state index in [1.54, 1.807) is 37.8 Å². The Hall–Kier alpha value is -2.59. The molecule has 1 saturated heterocycles. The smallest absolute Gasteiger partial charge is 0.407 e. The van der Waals surface area contributed by atoms with E-state index >= 15 is 0 Å². The molecule has 2 rings (SSSR count). The number of nitrogens with zero attached hydrogens (tertiary/aromatic N) is 2. The van der Waals surface area contributed by atoms with Crippen molar-refractivity contribution in [3.05, 3.63) is 35.4 Å². The van der Waals surface area contributed by atoms with Crippen molar-refractivity contribution < 1.29 is 19.1 Å². The molecule has 1 aliphatic heterocycles. The van der Waals surface area contributed by atoms with Crippen LogP contribution in [0.2, 0.25) is 0 Å². The van der Waals surface area contributed by atoms with Crippen molar-refractivity contribution >= 4 is 12.0 Å². The zero-order chi connectivity index (χ0) is 19.9. The summed E-state index contributed by atoms with van der Waals surface area (Å²) in [5.41, 5.74) is 0.890. The molecule has 2 amide bonds. The van der Waals surface area contributed by atoms with E-state index in [0.717, 1.165) is 5.56 Å². The van der Waals surface area contributed by atoms with Gasteiger partial charge in [0.25, 0.3) is 0 Å². The summed E-state index contributed by atoms with van der Waals surface area (Å²) in [5.74, 6) is -0.0204. The first-order valence-corrected chi connectivity index (χ1v) is 9.11. The van der Waals surface area contributed by atoms with Gasteiger partial charge in [0.2, 0.25) is 5.91 Å². The van der Waals surface area contributed by atoms with Crippen molar-refractivity contribution in [3.63, 3.8) is 0 Å². The lowest BCUT2D eigenvalue weighted by atomic mass is 10.0. The number of ether oxygens (including phenoxy) is 2. The molecule has 1 atom stereocenters. The Bertz CT molecular complexity index is 683. The Morgan fingerprint density at radius 3 is 2.44 bits per heavy atom. The highest BCUT2D eigenvalue weighted by Crippen LogP contribution is 2.12. The van der Waals surface area contributed by atoms with E-state index in [1.165, 1.54) is 0 Å². The molecule has 0 aliphatic carbocycles. The van der Waals surface area contributed by atoms with Gasteiger partial charge in [0.1, 0.15) is 5.60 Å². The van der Waals surface area contributed by atoms with Crippen LogP contribution in [0.4, 0.5) is 4.79 Å². The van der Waals surface area contributed by atoms with Gasteiger partial charge in [0.05, 0.1) is 24.8 Å². The van der Waals surface area contributed by atoms with Crippen molar-refractivity contribution in [1.29, 1.82) is 5.26 Å². The summed E-state index contributed by atoms with van der Waals surface area (Å²) in [4.78, 5) is 26.6. The Labute approximate surface area is 160 Å². The summed E-state index contributed by atoms with van der Waals surface area (Å²) in [6.45, 7) is 7.57. The summed E-state index contributed by atoms with van der Waals surface area (Å²) >= 11 is 0. The number of carbonyl (C=O) groups excluding carboxylic acids is 2. The number of benzene rings is 1. The SMILES string of the molecule is CC(C)(C)OC(=O)N[C@@H](CC(=O)N1CCOCC1)Cc1ccc(C#N)cc1. The van der Waals surface area contributed by atoms with Crippen LogP contribution in [0.25, 0.3) is 0 Å². The molecule has 0 bridgehead atoms. The van der Waals surface area contributed by atoms with E-state index in [0.29, 0.717) is 38.3 Å². The number of amides is 2. The van der Waals surface area contributed by atoms with E-state index in [9.17, 15) is 9.59 Å². The first kappa shape index (κ1) is 20.7. The molecule has 1 fully saturated rings. The fourth-order valence-corrected chi connectivity index (χ4v) is 2.80. The second kappa shape index (κ2) is 9.38. The lowest BCUT2D eigenvalue weighted by molar-refractivity contribution is -0.135. The molecule has 1 aromatic rings. The third-order valence-electron chi connectivity index (χ3n) is 4.07. The lowest BCUT2D eigenvalue weighted by Crippen LogP contribution is -2.46. The summed E-state index contributed by atoms with van der Waals surface area (Å²) in [5, 5.41) is 11.7. The summed E-state index contributed by atoms with van der Waals surface area (Å²) in [7, 11) is 0. The number of morpholine rings is 1. The van der Waals surface area contributed by atoms with Crippen molar-refractivity contribution in [3.8, 4) is 6.07 Å². The summed E-state index contributed by atoms with van der Waals surface area (Å²) in [6.07, 6.45) is 0.108. The van der Waals surface area contributed by atoms with Gasteiger partial charge in [0.15, 0.2) is 0 Å². The fraction of sp³-hybridized carbons (Fsp3) is 0.550. The molecule has 0 spiro atoms. The zero-order valence-electron chi connectivity index (χ0n) is 16.2. The van der Waals surface area contributed by atoms with Gasteiger partial charge in [-0.25, -0.2) is 4.79 Å². The molecule has 0 saturated carbocycles. The van der Waals surface area contributed by atoms with E-state index in [4.69, 9.17) is 14.7 Å². The molecule has 1 heterocycles. The predicted molar refractivity (Wildman–Crippen MR) is 100 cm³/mol. The zero-order valence-corrected chi connectivity index (χ0v) is 16.2. The monoisotopic (exact) mass is 373 g/mol. The number of hydrogen-bond acceptors (Lipinski definition) is 5. The van der Waals surface area contributed by atoms with Gasteiger partial charge < -0.3 is 19.7 Å². The van der Waals surface area contributed by atoms with Crippen LogP contribution in [0.1, 0.15) is 38.3 Å². The highest BCUT2D eigenvalue weighted by atomic mass is 16.6. The minimum absolute atomic E-state index is 0.0204. The van der Waals surface area contributed by atoms with Crippen LogP contribution in [0.3, 0.4) is 0 Å². The van der Waals surface area contributed by atoms with Crippen LogP contribution < -0.4 is 5.32 Å². The molecule has 7 nitrogen and oxygen atoms in total. The number of nitrogens with one attached hydrogen (secondary N) is 1. The normalized spacial score (nSPS) is 15.6. The lowest BCUT2D eigenvalue weighted by Gasteiger charge is -2.29. The fourth-order valence-electron chi connectivity index (χ4n) is 2.80. The van der Waals surface area contributed by atoms with Crippen LogP contribution >= 0.6 is 0 Å². The van der Waals surface area contributed by atoms with Crippen LogP contribution in [-0.4, -0.2) is 54.8 Å². The van der Waals surface area contributed by atoms with Gasteiger partial charge in [-0.2, -0.15) is 5.26 Å². The molecule has 27 heavy (non-hydrogen) atoms. The average molecular weight is 373 g/mol. The Kier molecular flexibility index (Phi) is 7.19. The third-order valence-corrected chi connectivity index (χ3v) is 4.07. The quantitative estimate of drug-likeness (QED) is 0.855. The molecule has 0 unspecified atom stereocenters. The Morgan fingerprint density at radius 1 is 1.26 bits per heavy atom. The summed E-state index contributed by atoms with van der Waals surface area (Å²) in [6, 6.07) is 8.80. The number of nitriles is 1. The molecule has 1 N–H and O–H groups in total. The second-order valence-corrected chi connectivity index (χ2v) is 7.55. The number of carbonyl (C=O) groups is 2. The molecule has 1 aliphatic rings. The maximum atomic E-state index is 12.6. The van der Waals surface area contributed by atoms with Crippen molar-refractivity contribution in [2.24, 2.45) is 0 Å². The largest absolute Gasteiger partial charge is 0.444 e. The third kappa shape index (κ3) is 7.27. The molecular formula is C20H27N3O4. The van der Waals surface area contributed by atoms with Gasteiger partial charge in [-0.05, 0) is 44.9 Å². The summed E-state index contributed by atoms with van der Waals surface area (Å²) < 4.78 is 10.6. The van der Waals surface area contributed by atoms with E-state index in [1.807, 2.05) is 12.1 Å². The highest BCUT2D eigenvalue weighted by Gasteiger charge is 2.24. The minimum Gasteiger partial charge on any atom is -0.444 e. The van der Waals surface area contributed by atoms with Gasteiger partial charge >= 0.3 is 6.09 Å². The maximum absolute atomic E-state index is 12.6. The average Bonchev–Trinajstić information content (AvgIpc) is 2.61. The second-order valence-electron chi connectivity index (χ2n) is 7.55. The molecular weight excluding hydrogens is 346 g/mol. The minimum atomic E-state index is -0.614. The molecule has 7 heteroatoms. The molecule has 0 aromatic heterocycles. The molecule has 0 radical (unpaired) electrons. The number of alkyl carbamates (subject to hydrolysis) is 1. The first-order valence-electron chi connectivity index (χ1n) is 9.11.